The highest BCUT2D eigenvalue weighted by molar-refractivity contribution is 7.77. The van der Waals surface area contributed by atoms with Crippen LogP contribution in [0.1, 0.15) is 6.92 Å². The van der Waals surface area contributed by atoms with Crippen molar-refractivity contribution >= 4 is 17.2 Å². The Hall–Kier alpha value is -0.880. The Balaban J connectivity index is 3.92. The molecule has 0 amide bonds. The van der Waals surface area contributed by atoms with Gasteiger partial charge in [-0.15, -0.1) is 0 Å². The zero-order chi connectivity index (χ0) is 8.15. The number of hydrogen-bond acceptors (Lipinski definition) is 2. The van der Waals surface area contributed by atoms with Gasteiger partial charge in [-0.25, -0.2) is 9.00 Å². The third-order valence-corrected chi connectivity index (χ3v) is 1.03. The van der Waals surface area contributed by atoms with Gasteiger partial charge in [0.15, 0.2) is 0 Å². The minimum Gasteiger partial charge on any atom is -0.478 e. The van der Waals surface area contributed by atoms with Gasteiger partial charge in [0.2, 0.25) is 0 Å². The van der Waals surface area contributed by atoms with Crippen LogP contribution in [0.3, 0.4) is 0 Å². The van der Waals surface area contributed by atoms with E-state index in [1.165, 1.54) is 6.92 Å². The van der Waals surface area contributed by atoms with Crippen molar-refractivity contribution in [1.82, 2.24) is 4.72 Å². The predicted octanol–water partition coefficient (Wildman–Crippen LogP) is -0.299. The molecular formula is C4H7NO4S. The summed E-state index contributed by atoms with van der Waals surface area (Å²) in [6, 6.07) is 0. The summed E-state index contributed by atoms with van der Waals surface area (Å²) >= 11 is -2.19. The molecule has 0 saturated heterocycles. The van der Waals surface area contributed by atoms with Crippen molar-refractivity contribution in [1.29, 1.82) is 0 Å². The highest BCUT2D eigenvalue weighted by Gasteiger charge is 1.98. The molecule has 0 radical (unpaired) electrons. The zero-order valence-electron chi connectivity index (χ0n) is 5.20. The Morgan fingerprint density at radius 3 is 2.50 bits per heavy atom. The highest BCUT2D eigenvalue weighted by atomic mass is 32.2. The van der Waals surface area contributed by atoms with E-state index in [9.17, 15) is 9.00 Å². The molecule has 0 heterocycles. The smallest absolute Gasteiger partial charge is 0.332 e. The van der Waals surface area contributed by atoms with Gasteiger partial charge in [0.25, 0.3) is 11.3 Å². The molecule has 0 aromatic carbocycles. The fraction of sp³-hybridized carbons (Fsp3) is 0.250. The van der Waals surface area contributed by atoms with Crippen LogP contribution in [0.4, 0.5) is 0 Å². The van der Waals surface area contributed by atoms with Gasteiger partial charge in [0.1, 0.15) is 0 Å². The summed E-state index contributed by atoms with van der Waals surface area (Å²) in [4.78, 5) is 10.0. The van der Waals surface area contributed by atoms with E-state index in [4.69, 9.17) is 9.66 Å². The summed E-state index contributed by atoms with van der Waals surface area (Å²) < 4.78 is 19.9. The molecule has 3 N–H and O–H groups in total. The molecule has 0 aliphatic heterocycles. The number of rotatable bonds is 3. The zero-order valence-corrected chi connectivity index (χ0v) is 6.01. The number of carboxylic acids is 1. The van der Waals surface area contributed by atoms with Crippen LogP contribution >= 0.6 is 0 Å². The molecular weight excluding hydrogens is 158 g/mol. The normalized spacial score (nSPS) is 14.4. The van der Waals surface area contributed by atoms with Crippen LogP contribution in [0.5, 0.6) is 0 Å². The predicted molar refractivity (Wildman–Crippen MR) is 35.3 cm³/mol. The van der Waals surface area contributed by atoms with Crippen LogP contribution in [-0.2, 0) is 16.1 Å². The molecule has 1 atom stereocenters. The topological polar surface area (TPSA) is 86.6 Å². The van der Waals surface area contributed by atoms with E-state index in [0.717, 1.165) is 6.20 Å². The molecule has 10 heavy (non-hydrogen) atoms. The lowest BCUT2D eigenvalue weighted by Gasteiger charge is -1.92. The van der Waals surface area contributed by atoms with Crippen molar-refractivity contribution < 1.29 is 18.7 Å². The standard InChI is InChI=1S/C4H7NO4S/c1-3(4(6)7)2-5-10(8)9/h2,5H,1H3,(H,6,7)(H,8,9). The van der Waals surface area contributed by atoms with Gasteiger partial charge < -0.3 is 5.11 Å². The maximum Gasteiger partial charge on any atom is 0.332 e. The Morgan fingerprint density at radius 2 is 2.20 bits per heavy atom. The van der Waals surface area contributed by atoms with Gasteiger partial charge in [-0.3, -0.25) is 9.27 Å². The first kappa shape index (κ1) is 9.12. The maximum atomic E-state index is 10.0. The second-order valence-electron chi connectivity index (χ2n) is 1.50. The van der Waals surface area contributed by atoms with E-state index in [2.05, 4.69) is 0 Å². The minimum absolute atomic E-state index is 0.0256. The van der Waals surface area contributed by atoms with E-state index >= 15 is 0 Å². The van der Waals surface area contributed by atoms with Crippen molar-refractivity contribution in [2.75, 3.05) is 0 Å². The van der Waals surface area contributed by atoms with Gasteiger partial charge in [0.05, 0.1) is 5.57 Å². The lowest BCUT2D eigenvalue weighted by molar-refractivity contribution is -0.132. The third-order valence-electron chi connectivity index (χ3n) is 0.714. The van der Waals surface area contributed by atoms with Crippen molar-refractivity contribution in [3.63, 3.8) is 0 Å². The van der Waals surface area contributed by atoms with Gasteiger partial charge in [-0.1, -0.05) is 0 Å². The number of carboxylic acid groups (broad SMARTS) is 1. The minimum atomic E-state index is -2.19. The van der Waals surface area contributed by atoms with Crippen LogP contribution in [-0.4, -0.2) is 19.8 Å². The van der Waals surface area contributed by atoms with Gasteiger partial charge in [-0.05, 0) is 6.92 Å². The molecule has 0 fully saturated rings. The molecule has 5 nitrogen and oxygen atoms in total. The molecule has 58 valence electrons. The number of carbonyl (C=O) groups is 1. The SMILES string of the molecule is CC(=CNS(=O)O)C(=O)O. The first-order valence-corrected chi connectivity index (χ1v) is 3.42. The monoisotopic (exact) mass is 165 g/mol. The molecule has 0 spiro atoms. The van der Waals surface area contributed by atoms with E-state index < -0.39 is 17.2 Å². The van der Waals surface area contributed by atoms with E-state index in [1.807, 2.05) is 4.72 Å². The first-order chi connectivity index (χ1) is 4.54. The molecule has 0 aromatic rings. The quantitative estimate of drug-likeness (QED) is 0.396. The number of aliphatic carboxylic acids is 1. The van der Waals surface area contributed by atoms with Gasteiger partial charge in [0, 0.05) is 6.20 Å². The van der Waals surface area contributed by atoms with E-state index in [1.54, 1.807) is 0 Å². The fourth-order valence-corrected chi connectivity index (χ4v) is 0.478. The summed E-state index contributed by atoms with van der Waals surface area (Å²) in [6.07, 6.45) is 0.957. The highest BCUT2D eigenvalue weighted by Crippen LogP contribution is 1.87. The Kier molecular flexibility index (Phi) is 3.67. The van der Waals surface area contributed by atoms with Crippen LogP contribution in [0.25, 0.3) is 0 Å². The molecule has 0 aliphatic rings. The molecule has 0 bridgehead atoms. The molecule has 0 saturated carbocycles. The van der Waals surface area contributed by atoms with Crippen LogP contribution in [0.2, 0.25) is 0 Å². The average molecular weight is 165 g/mol. The van der Waals surface area contributed by atoms with Gasteiger partial charge in [-0.2, -0.15) is 0 Å². The van der Waals surface area contributed by atoms with Crippen molar-refractivity contribution in [3.05, 3.63) is 11.8 Å². The van der Waals surface area contributed by atoms with E-state index in [-0.39, 0.29) is 5.57 Å². The van der Waals surface area contributed by atoms with Crippen LogP contribution in [0, 0.1) is 0 Å². The number of nitrogens with one attached hydrogen (secondary N) is 1. The molecule has 6 heteroatoms. The van der Waals surface area contributed by atoms with Crippen molar-refractivity contribution in [3.8, 4) is 0 Å². The second-order valence-corrected chi connectivity index (χ2v) is 2.23. The maximum absolute atomic E-state index is 10.0. The Morgan fingerprint density at radius 1 is 1.70 bits per heavy atom. The van der Waals surface area contributed by atoms with Gasteiger partial charge >= 0.3 is 5.97 Å². The average Bonchev–Trinajstić information content (AvgIpc) is 1.82. The third kappa shape index (κ3) is 4.04. The molecule has 1 unspecified atom stereocenters. The van der Waals surface area contributed by atoms with Crippen molar-refractivity contribution in [2.45, 2.75) is 6.92 Å². The summed E-state index contributed by atoms with van der Waals surface area (Å²) in [5.41, 5.74) is -0.0256. The summed E-state index contributed by atoms with van der Waals surface area (Å²) in [6.45, 7) is 1.31. The largest absolute Gasteiger partial charge is 0.478 e. The fourth-order valence-electron chi connectivity index (χ4n) is 0.201. The van der Waals surface area contributed by atoms with Crippen LogP contribution < -0.4 is 4.72 Å². The van der Waals surface area contributed by atoms with E-state index in [0.29, 0.717) is 0 Å². The summed E-state index contributed by atoms with van der Waals surface area (Å²) in [5.74, 6) is -1.13. The molecule has 0 aromatic heterocycles. The molecule has 0 aliphatic carbocycles. The Labute approximate surface area is 60.2 Å². The summed E-state index contributed by atoms with van der Waals surface area (Å²) in [5, 5.41) is 8.21. The van der Waals surface area contributed by atoms with Crippen molar-refractivity contribution in [2.24, 2.45) is 0 Å². The first-order valence-electron chi connectivity index (χ1n) is 2.31. The lowest BCUT2D eigenvalue weighted by Crippen LogP contribution is -2.10. The summed E-state index contributed by atoms with van der Waals surface area (Å²) in [7, 11) is 0. The Bertz CT molecular complexity index is 188. The molecule has 0 rings (SSSR count). The second kappa shape index (κ2) is 4.02. The van der Waals surface area contributed by atoms with Crippen LogP contribution in [0.15, 0.2) is 11.8 Å². The number of hydrogen-bond donors (Lipinski definition) is 3. The lowest BCUT2D eigenvalue weighted by atomic mass is 10.3.